The average Bonchev–Trinajstić information content (AvgIpc) is 3.14. The molecule has 4 aromatic rings. The SMILES string of the molecule is COc1ccccc1COCCCOc1ccc(C2C(C)CN(C(=O)CCCCO[N+](=O)[O-])CC2OCc2cc(OC)c3ccccc3c2)cc1. The molecule has 0 aliphatic carbocycles. The van der Waals surface area contributed by atoms with Gasteiger partial charge in [0.2, 0.25) is 5.91 Å². The maximum absolute atomic E-state index is 13.3. The third-order valence-corrected chi connectivity index (χ3v) is 9.24. The minimum atomic E-state index is -0.804. The first-order chi connectivity index (χ1) is 24.9. The van der Waals surface area contributed by atoms with Crippen LogP contribution >= 0.6 is 0 Å². The Morgan fingerprint density at radius 2 is 1.61 bits per heavy atom. The van der Waals surface area contributed by atoms with Gasteiger partial charge in [0.1, 0.15) is 17.2 Å². The molecule has 272 valence electrons. The predicted molar refractivity (Wildman–Crippen MR) is 194 cm³/mol. The van der Waals surface area contributed by atoms with Gasteiger partial charge in [-0.15, -0.1) is 10.1 Å². The molecular weight excluding hydrogens is 652 g/mol. The monoisotopic (exact) mass is 700 g/mol. The molecule has 0 radical (unpaired) electrons. The van der Waals surface area contributed by atoms with Gasteiger partial charge in [0, 0.05) is 42.8 Å². The molecule has 0 bridgehead atoms. The fourth-order valence-corrected chi connectivity index (χ4v) is 6.74. The van der Waals surface area contributed by atoms with Crippen molar-refractivity contribution >= 4 is 16.7 Å². The lowest BCUT2D eigenvalue weighted by atomic mass is 9.79. The number of amides is 1. The molecule has 5 rings (SSSR count). The smallest absolute Gasteiger partial charge is 0.294 e. The fourth-order valence-electron chi connectivity index (χ4n) is 6.74. The van der Waals surface area contributed by atoms with E-state index in [-0.39, 0.29) is 30.5 Å². The number of carbonyl (C=O) groups is 1. The molecular formula is C40H48N2O9. The molecule has 1 saturated heterocycles. The van der Waals surface area contributed by atoms with Crippen molar-refractivity contribution in [1.82, 2.24) is 4.90 Å². The number of unbranched alkanes of at least 4 members (excludes halogenated alkanes) is 1. The number of hydrogen-bond acceptors (Lipinski definition) is 9. The van der Waals surface area contributed by atoms with Crippen molar-refractivity contribution in [3.63, 3.8) is 0 Å². The van der Waals surface area contributed by atoms with Crippen LogP contribution in [0.2, 0.25) is 0 Å². The number of likely N-dealkylation sites (tertiary alicyclic amines) is 1. The molecule has 11 nitrogen and oxygen atoms in total. The van der Waals surface area contributed by atoms with Crippen LogP contribution in [0.15, 0.2) is 84.9 Å². The van der Waals surface area contributed by atoms with Crippen LogP contribution in [0.3, 0.4) is 0 Å². The Kier molecular flexibility index (Phi) is 13.9. The van der Waals surface area contributed by atoms with Crippen LogP contribution in [0.25, 0.3) is 10.8 Å². The summed E-state index contributed by atoms with van der Waals surface area (Å²) in [6.07, 6.45) is 1.73. The highest BCUT2D eigenvalue weighted by Crippen LogP contribution is 2.37. The lowest BCUT2D eigenvalue weighted by Gasteiger charge is -2.43. The van der Waals surface area contributed by atoms with Gasteiger partial charge in [0.15, 0.2) is 0 Å². The minimum Gasteiger partial charge on any atom is -0.496 e. The van der Waals surface area contributed by atoms with Gasteiger partial charge >= 0.3 is 0 Å². The summed E-state index contributed by atoms with van der Waals surface area (Å²) in [7, 11) is 3.33. The number of rotatable bonds is 19. The summed E-state index contributed by atoms with van der Waals surface area (Å²) in [5.74, 6) is 2.56. The zero-order valence-electron chi connectivity index (χ0n) is 29.7. The lowest BCUT2D eigenvalue weighted by Crippen LogP contribution is -2.50. The third-order valence-electron chi connectivity index (χ3n) is 9.24. The summed E-state index contributed by atoms with van der Waals surface area (Å²) in [6, 6.07) is 28.2. The number of carbonyl (C=O) groups excluding carboxylic acids is 1. The molecule has 0 spiro atoms. The number of piperidine rings is 1. The minimum absolute atomic E-state index is 0.0120. The predicted octanol–water partition coefficient (Wildman–Crippen LogP) is 7.37. The van der Waals surface area contributed by atoms with Gasteiger partial charge in [0.25, 0.3) is 5.09 Å². The van der Waals surface area contributed by atoms with E-state index in [1.165, 1.54) is 0 Å². The van der Waals surface area contributed by atoms with Gasteiger partial charge in [-0.3, -0.25) is 4.79 Å². The molecule has 1 fully saturated rings. The lowest BCUT2D eigenvalue weighted by molar-refractivity contribution is -0.757. The molecule has 3 unspecified atom stereocenters. The number of nitrogens with zero attached hydrogens (tertiary/aromatic N) is 2. The Morgan fingerprint density at radius 3 is 2.39 bits per heavy atom. The molecule has 1 heterocycles. The van der Waals surface area contributed by atoms with Gasteiger partial charge in [-0.25, -0.2) is 0 Å². The first-order valence-electron chi connectivity index (χ1n) is 17.5. The van der Waals surface area contributed by atoms with E-state index in [4.69, 9.17) is 23.7 Å². The van der Waals surface area contributed by atoms with E-state index in [2.05, 4.69) is 36.0 Å². The van der Waals surface area contributed by atoms with Gasteiger partial charge in [-0.05, 0) is 65.6 Å². The Balaban J connectivity index is 1.21. The summed E-state index contributed by atoms with van der Waals surface area (Å²) in [5, 5.41) is 11.8. The van der Waals surface area contributed by atoms with Crippen molar-refractivity contribution in [3.05, 3.63) is 112 Å². The van der Waals surface area contributed by atoms with E-state index < -0.39 is 5.09 Å². The van der Waals surface area contributed by atoms with Crippen molar-refractivity contribution in [3.8, 4) is 17.2 Å². The second-order valence-electron chi connectivity index (χ2n) is 12.8. The third kappa shape index (κ3) is 10.6. The fraction of sp³-hybridized carbons (Fsp3) is 0.425. The van der Waals surface area contributed by atoms with Gasteiger partial charge in [-0.1, -0.05) is 61.5 Å². The number of ether oxygens (including phenoxy) is 5. The van der Waals surface area contributed by atoms with Crippen LogP contribution in [0.1, 0.15) is 55.2 Å². The van der Waals surface area contributed by atoms with Crippen molar-refractivity contribution in [2.45, 2.75) is 57.8 Å². The highest BCUT2D eigenvalue weighted by molar-refractivity contribution is 5.89. The van der Waals surface area contributed by atoms with Gasteiger partial charge < -0.3 is 33.4 Å². The Hall–Kier alpha value is -4.87. The van der Waals surface area contributed by atoms with E-state index in [9.17, 15) is 14.9 Å². The Bertz CT molecular complexity index is 1710. The summed E-state index contributed by atoms with van der Waals surface area (Å²) < 4.78 is 29.6. The second kappa shape index (κ2) is 18.9. The summed E-state index contributed by atoms with van der Waals surface area (Å²) in [4.78, 5) is 30.0. The normalized spacial score (nSPS) is 17.2. The van der Waals surface area contributed by atoms with Crippen molar-refractivity contribution in [2.24, 2.45) is 5.92 Å². The zero-order chi connectivity index (χ0) is 36.0. The molecule has 0 aromatic heterocycles. The maximum atomic E-state index is 13.3. The zero-order valence-corrected chi connectivity index (χ0v) is 29.7. The van der Waals surface area contributed by atoms with Gasteiger partial charge in [0.05, 0.1) is 53.4 Å². The van der Waals surface area contributed by atoms with E-state index in [1.54, 1.807) is 14.2 Å². The largest absolute Gasteiger partial charge is 0.496 e. The Labute approximate surface area is 299 Å². The van der Waals surface area contributed by atoms with E-state index in [0.717, 1.165) is 51.1 Å². The second-order valence-corrected chi connectivity index (χ2v) is 12.8. The summed E-state index contributed by atoms with van der Waals surface area (Å²) >= 11 is 0. The van der Waals surface area contributed by atoms with Crippen LogP contribution in [0.5, 0.6) is 17.2 Å². The number of fused-ring (bicyclic) bond motifs is 1. The van der Waals surface area contributed by atoms with E-state index in [1.807, 2.05) is 65.6 Å². The number of benzene rings is 4. The highest BCUT2D eigenvalue weighted by atomic mass is 16.9. The number of hydrogen-bond donors (Lipinski definition) is 0. The molecule has 1 aliphatic rings. The van der Waals surface area contributed by atoms with Crippen LogP contribution in [-0.2, 0) is 32.3 Å². The average molecular weight is 701 g/mol. The molecule has 51 heavy (non-hydrogen) atoms. The molecule has 4 aromatic carbocycles. The standard InChI is InChI=1S/C40H48N2O9/c1-29-25-41(39(43)15-8-9-22-51-42(44)45)26-38(50-27-30-23-32-11-4-6-13-35(32)37(24-30)47-3)40(29)31-16-18-34(19-17-31)49-21-10-20-48-28-33-12-5-7-14-36(33)46-2/h4-7,11-14,16-19,23-24,29,38,40H,8-10,15,20-22,25-28H2,1-3H3. The topological polar surface area (TPSA) is 119 Å². The molecule has 1 aliphatic heterocycles. The first kappa shape index (κ1) is 37.4. The molecule has 1 amide bonds. The summed E-state index contributed by atoms with van der Waals surface area (Å²) in [6.45, 7) is 5.11. The highest BCUT2D eigenvalue weighted by Gasteiger charge is 2.38. The van der Waals surface area contributed by atoms with Crippen molar-refractivity contribution < 1.29 is 38.4 Å². The maximum Gasteiger partial charge on any atom is 0.294 e. The van der Waals surface area contributed by atoms with Crippen LogP contribution in [0.4, 0.5) is 0 Å². The van der Waals surface area contributed by atoms with Gasteiger partial charge in [-0.2, -0.15) is 0 Å². The summed E-state index contributed by atoms with van der Waals surface area (Å²) in [5.41, 5.74) is 3.13. The quantitative estimate of drug-likeness (QED) is 0.0561. The number of para-hydroxylation sites is 1. The first-order valence-corrected chi connectivity index (χ1v) is 17.5. The Morgan fingerprint density at radius 1 is 0.843 bits per heavy atom. The van der Waals surface area contributed by atoms with E-state index in [0.29, 0.717) is 58.8 Å². The van der Waals surface area contributed by atoms with Crippen LogP contribution in [0, 0.1) is 16.0 Å². The van der Waals surface area contributed by atoms with Crippen LogP contribution < -0.4 is 14.2 Å². The molecule has 3 atom stereocenters. The molecule has 11 heteroatoms. The molecule has 0 saturated carbocycles. The number of methoxy groups -OCH3 is 2. The van der Waals surface area contributed by atoms with Crippen molar-refractivity contribution in [2.75, 3.05) is 47.1 Å². The van der Waals surface area contributed by atoms with E-state index >= 15 is 0 Å². The molecule has 0 N–H and O–H groups in total. The van der Waals surface area contributed by atoms with Crippen LogP contribution in [-0.4, -0.2) is 69.1 Å². The van der Waals surface area contributed by atoms with Crippen molar-refractivity contribution in [1.29, 1.82) is 0 Å².